The van der Waals surface area contributed by atoms with Crippen LogP contribution in [0.2, 0.25) is 0 Å². The molecule has 0 aliphatic rings. The van der Waals surface area contributed by atoms with E-state index in [4.69, 9.17) is 12.2 Å². The topological polar surface area (TPSA) is 46.5 Å². The molecule has 1 heterocycles. The second-order valence-corrected chi connectivity index (χ2v) is 2.62. The van der Waals surface area contributed by atoms with E-state index in [9.17, 15) is 0 Å². The van der Waals surface area contributed by atoms with Gasteiger partial charge in [-0.3, -0.25) is 0 Å². The Labute approximate surface area is 124 Å². The number of rotatable bonds is 1. The summed E-state index contributed by atoms with van der Waals surface area (Å²) in [6.45, 7) is 0. The Morgan fingerprint density at radius 2 is 2.00 bits per heavy atom. The maximum Gasteiger partial charge on any atom is 1.00 e. The van der Waals surface area contributed by atoms with Crippen LogP contribution in [-0.4, -0.2) is 20.2 Å². The van der Waals surface area contributed by atoms with Gasteiger partial charge in [0.15, 0.2) is 0 Å². The van der Waals surface area contributed by atoms with E-state index in [1.807, 2.05) is 30.3 Å². The summed E-state index contributed by atoms with van der Waals surface area (Å²) in [7, 11) is 0. The van der Waals surface area contributed by atoms with Gasteiger partial charge in [0.05, 0.1) is 5.69 Å². The summed E-state index contributed by atoms with van der Waals surface area (Å²) in [5, 5.41) is 9.92. The molecule has 1 aromatic heterocycles. The van der Waals surface area contributed by atoms with Crippen molar-refractivity contribution in [3.63, 3.8) is 0 Å². The number of para-hydroxylation sites is 1. The summed E-state index contributed by atoms with van der Waals surface area (Å²) < 4.78 is 2.07. The van der Waals surface area contributed by atoms with Gasteiger partial charge < -0.3 is 1.43 Å². The molecule has 0 atom stereocenters. The minimum atomic E-state index is 0. The molecular formula is C7H7KN4S. The molecule has 2 aromatic rings. The van der Waals surface area contributed by atoms with Crippen molar-refractivity contribution in [2.75, 3.05) is 0 Å². The van der Waals surface area contributed by atoms with E-state index < -0.39 is 0 Å². The van der Waals surface area contributed by atoms with Crippen LogP contribution in [0.3, 0.4) is 0 Å². The minimum absolute atomic E-state index is 0. The summed E-state index contributed by atoms with van der Waals surface area (Å²) in [5.74, 6) is 0. The fourth-order valence-corrected chi connectivity index (χ4v) is 1.13. The molecule has 0 fully saturated rings. The van der Waals surface area contributed by atoms with E-state index in [-0.39, 0.29) is 52.8 Å². The molecule has 13 heavy (non-hydrogen) atoms. The van der Waals surface area contributed by atoms with Gasteiger partial charge >= 0.3 is 51.4 Å². The summed E-state index contributed by atoms with van der Waals surface area (Å²) >= 11 is 4.93. The Kier molecular flexibility index (Phi) is 4.43. The number of aromatic nitrogens is 4. The maximum absolute atomic E-state index is 4.93. The van der Waals surface area contributed by atoms with E-state index in [1.165, 1.54) is 0 Å². The fourth-order valence-electron chi connectivity index (χ4n) is 0.943. The van der Waals surface area contributed by atoms with Crippen LogP contribution in [-0.2, 0) is 0 Å². The number of nitrogens with zero attached hydrogens (tertiary/aromatic N) is 3. The second-order valence-electron chi connectivity index (χ2n) is 2.25. The summed E-state index contributed by atoms with van der Waals surface area (Å²) in [6.07, 6.45) is 0. The molecule has 0 saturated heterocycles. The van der Waals surface area contributed by atoms with E-state index in [0.29, 0.717) is 4.77 Å². The predicted molar refractivity (Wildman–Crippen MR) is 47.7 cm³/mol. The monoisotopic (exact) mass is 218 g/mol. The number of tetrazole rings is 1. The third-order valence-electron chi connectivity index (χ3n) is 1.49. The number of H-pyrrole nitrogens is 1. The molecule has 1 N–H and O–H groups in total. The first kappa shape index (κ1) is 11.2. The molecule has 0 aliphatic carbocycles. The molecule has 6 heteroatoms. The van der Waals surface area contributed by atoms with Crippen LogP contribution in [0.1, 0.15) is 1.43 Å². The van der Waals surface area contributed by atoms with Crippen LogP contribution in [0.25, 0.3) is 5.69 Å². The van der Waals surface area contributed by atoms with Crippen LogP contribution in [0, 0.1) is 4.77 Å². The van der Waals surface area contributed by atoms with Gasteiger partial charge in [-0.2, -0.15) is 5.21 Å². The van der Waals surface area contributed by atoms with Crippen molar-refractivity contribution in [2.24, 2.45) is 0 Å². The summed E-state index contributed by atoms with van der Waals surface area (Å²) in [5.41, 5.74) is 0.938. The van der Waals surface area contributed by atoms with Gasteiger partial charge in [-0.25, -0.2) is 4.68 Å². The van der Waals surface area contributed by atoms with Crippen molar-refractivity contribution < 1.29 is 52.8 Å². The van der Waals surface area contributed by atoms with E-state index in [2.05, 4.69) is 15.5 Å². The van der Waals surface area contributed by atoms with Gasteiger partial charge in [0, 0.05) is 0 Å². The van der Waals surface area contributed by atoms with Crippen LogP contribution in [0.5, 0.6) is 0 Å². The van der Waals surface area contributed by atoms with Crippen molar-refractivity contribution in [1.29, 1.82) is 0 Å². The van der Waals surface area contributed by atoms with Gasteiger partial charge in [-0.1, -0.05) is 28.5 Å². The van der Waals surface area contributed by atoms with Gasteiger partial charge in [-0.05, 0) is 24.4 Å². The third kappa shape index (κ3) is 2.55. The Morgan fingerprint density at radius 1 is 1.31 bits per heavy atom. The van der Waals surface area contributed by atoms with Crippen molar-refractivity contribution in [3.05, 3.63) is 35.1 Å². The normalized spacial score (nSPS) is 9.23. The summed E-state index contributed by atoms with van der Waals surface area (Å²) in [4.78, 5) is 0. The zero-order chi connectivity index (χ0) is 8.39. The minimum Gasteiger partial charge on any atom is -1.00 e. The Morgan fingerprint density at radius 3 is 2.54 bits per heavy atom. The van der Waals surface area contributed by atoms with Crippen molar-refractivity contribution in [1.82, 2.24) is 20.2 Å². The number of hydrogen-bond acceptors (Lipinski definition) is 3. The summed E-state index contributed by atoms with van der Waals surface area (Å²) in [6, 6.07) is 9.65. The van der Waals surface area contributed by atoms with Crippen LogP contribution in [0.4, 0.5) is 0 Å². The van der Waals surface area contributed by atoms with Gasteiger partial charge in [0.1, 0.15) is 0 Å². The first-order valence-electron chi connectivity index (χ1n) is 3.43. The zero-order valence-electron chi connectivity index (χ0n) is 8.14. The number of hydrogen-bond donors (Lipinski definition) is 1. The Bertz CT molecular complexity index is 427. The molecule has 0 spiro atoms. The van der Waals surface area contributed by atoms with Gasteiger partial charge in [0.25, 0.3) is 0 Å². The first-order chi connectivity index (χ1) is 5.88. The molecule has 0 aliphatic heterocycles. The van der Waals surface area contributed by atoms with E-state index in [0.717, 1.165) is 5.69 Å². The largest absolute Gasteiger partial charge is 1.00 e. The fraction of sp³-hybridized carbons (Fsp3) is 0. The van der Waals surface area contributed by atoms with Gasteiger partial charge in [-0.15, -0.1) is 0 Å². The standard InChI is InChI=1S/C7H6N4S.K.H/c12-7-8-9-10-11(7)6-4-2-1-3-5-6;;/h1-5H,(H,8,10,12);;/q;+1;-1. The smallest absolute Gasteiger partial charge is 1.00 e. The average Bonchev–Trinajstić information content (AvgIpc) is 2.53. The molecule has 62 valence electrons. The van der Waals surface area contributed by atoms with E-state index >= 15 is 0 Å². The molecule has 0 amide bonds. The van der Waals surface area contributed by atoms with Crippen molar-refractivity contribution >= 4 is 12.2 Å². The molecule has 0 unspecified atom stereocenters. The Balaban J connectivity index is 0.000000845. The molecule has 1 aromatic carbocycles. The van der Waals surface area contributed by atoms with Crippen molar-refractivity contribution in [2.45, 2.75) is 0 Å². The second kappa shape index (κ2) is 5.13. The van der Waals surface area contributed by atoms with Crippen LogP contribution in [0.15, 0.2) is 30.3 Å². The van der Waals surface area contributed by atoms with Crippen LogP contribution < -0.4 is 51.4 Å². The number of aromatic amines is 1. The van der Waals surface area contributed by atoms with Crippen LogP contribution >= 0.6 is 12.2 Å². The Hall–Kier alpha value is 0.146. The zero-order valence-corrected chi connectivity index (χ0v) is 11.1. The third-order valence-corrected chi connectivity index (χ3v) is 1.75. The predicted octanol–water partition coefficient (Wildman–Crippen LogP) is -1.56. The quantitative estimate of drug-likeness (QED) is 0.465. The number of benzene rings is 1. The molecule has 2 rings (SSSR count). The first-order valence-corrected chi connectivity index (χ1v) is 3.84. The molecule has 0 saturated carbocycles. The maximum atomic E-state index is 4.93. The number of nitrogens with one attached hydrogen (secondary N) is 1. The average molecular weight is 218 g/mol. The molecule has 4 nitrogen and oxygen atoms in total. The molecular weight excluding hydrogens is 211 g/mol. The molecule has 0 radical (unpaired) electrons. The SMILES string of the molecule is S=c1nn[nH]n1-c1ccccc1.[H-].[K+]. The molecule has 0 bridgehead atoms. The van der Waals surface area contributed by atoms with Crippen molar-refractivity contribution in [3.8, 4) is 5.69 Å². The van der Waals surface area contributed by atoms with Gasteiger partial charge in [0.2, 0.25) is 4.77 Å². The van der Waals surface area contributed by atoms with E-state index in [1.54, 1.807) is 4.68 Å².